The van der Waals surface area contributed by atoms with Crippen molar-refractivity contribution < 1.29 is 14.6 Å². The van der Waals surface area contributed by atoms with E-state index >= 15 is 0 Å². The third kappa shape index (κ3) is 2.33. The van der Waals surface area contributed by atoms with Crippen LogP contribution in [0, 0.1) is 0 Å². The smallest absolute Gasteiger partial charge is 0.331 e. The average molecular weight is 265 g/mol. The standard InChI is InChI=1S/C12H15N3O4/c16-9-5-8(13-10(14-9)7-1-2-7)15-12(11(17)18)3-4-19-6-12/h5,7H,1-4,6H2,(H,17,18)(H2,13,14,15,16). The number of aliphatic carboxylic acids is 1. The number of hydrogen-bond acceptors (Lipinski definition) is 5. The second kappa shape index (κ2) is 4.34. The van der Waals surface area contributed by atoms with Crippen molar-refractivity contribution in [3.05, 3.63) is 22.2 Å². The minimum Gasteiger partial charge on any atom is -0.479 e. The summed E-state index contributed by atoms with van der Waals surface area (Å²) in [6, 6.07) is 1.29. The van der Waals surface area contributed by atoms with Crippen LogP contribution >= 0.6 is 0 Å². The number of carboxylic acids is 1. The van der Waals surface area contributed by atoms with Gasteiger partial charge >= 0.3 is 5.97 Å². The van der Waals surface area contributed by atoms with Crippen LogP contribution in [-0.2, 0) is 9.53 Å². The third-order valence-electron chi connectivity index (χ3n) is 3.52. The molecule has 1 aliphatic carbocycles. The van der Waals surface area contributed by atoms with E-state index in [1.165, 1.54) is 6.07 Å². The molecule has 1 saturated heterocycles. The summed E-state index contributed by atoms with van der Waals surface area (Å²) < 4.78 is 5.16. The molecule has 19 heavy (non-hydrogen) atoms. The van der Waals surface area contributed by atoms with Crippen molar-refractivity contribution in [2.24, 2.45) is 0 Å². The lowest BCUT2D eigenvalue weighted by Gasteiger charge is -2.24. The van der Waals surface area contributed by atoms with E-state index in [1.54, 1.807) is 0 Å². The Hall–Kier alpha value is -1.89. The summed E-state index contributed by atoms with van der Waals surface area (Å²) in [5.74, 6) is 0.253. The fourth-order valence-electron chi connectivity index (χ4n) is 2.22. The molecule has 2 fully saturated rings. The van der Waals surface area contributed by atoms with Crippen LogP contribution in [0.15, 0.2) is 10.9 Å². The van der Waals surface area contributed by atoms with Gasteiger partial charge in [-0.3, -0.25) is 4.79 Å². The van der Waals surface area contributed by atoms with Gasteiger partial charge in [0.25, 0.3) is 5.56 Å². The van der Waals surface area contributed by atoms with E-state index in [-0.39, 0.29) is 12.2 Å². The number of anilines is 1. The van der Waals surface area contributed by atoms with Gasteiger partial charge in [-0.15, -0.1) is 0 Å². The number of carbonyl (C=O) groups is 1. The maximum absolute atomic E-state index is 11.6. The van der Waals surface area contributed by atoms with Crippen molar-refractivity contribution in [3.63, 3.8) is 0 Å². The summed E-state index contributed by atoms with van der Waals surface area (Å²) in [5.41, 5.74) is -1.44. The van der Waals surface area contributed by atoms with Crippen LogP contribution in [0.5, 0.6) is 0 Å². The highest BCUT2D eigenvalue weighted by Crippen LogP contribution is 2.38. The summed E-state index contributed by atoms with van der Waals surface area (Å²) in [6.07, 6.45) is 2.38. The number of carboxylic acid groups (broad SMARTS) is 1. The van der Waals surface area contributed by atoms with Gasteiger partial charge in [-0.1, -0.05) is 0 Å². The van der Waals surface area contributed by atoms with Gasteiger partial charge < -0.3 is 20.1 Å². The summed E-state index contributed by atoms with van der Waals surface area (Å²) >= 11 is 0. The van der Waals surface area contributed by atoms with Crippen LogP contribution in [0.2, 0.25) is 0 Å². The molecule has 0 spiro atoms. The van der Waals surface area contributed by atoms with Gasteiger partial charge in [0.05, 0.1) is 6.61 Å². The molecule has 3 rings (SSSR count). The molecule has 1 atom stereocenters. The molecule has 1 saturated carbocycles. The molecule has 1 aliphatic heterocycles. The van der Waals surface area contributed by atoms with Gasteiger partial charge in [0.2, 0.25) is 0 Å². The zero-order chi connectivity index (χ0) is 13.5. The Morgan fingerprint density at radius 3 is 2.95 bits per heavy atom. The van der Waals surface area contributed by atoms with E-state index in [0.717, 1.165) is 12.8 Å². The molecule has 0 amide bonds. The van der Waals surface area contributed by atoms with E-state index < -0.39 is 11.5 Å². The van der Waals surface area contributed by atoms with E-state index in [9.17, 15) is 14.7 Å². The quantitative estimate of drug-likeness (QED) is 0.723. The first kappa shape index (κ1) is 12.2. The van der Waals surface area contributed by atoms with Gasteiger partial charge in [0.15, 0.2) is 5.54 Å². The maximum Gasteiger partial charge on any atom is 0.331 e. The molecule has 1 aromatic heterocycles. The van der Waals surface area contributed by atoms with Gasteiger partial charge in [-0.25, -0.2) is 9.78 Å². The molecular weight excluding hydrogens is 250 g/mol. The minimum atomic E-state index is -1.18. The van der Waals surface area contributed by atoms with Crippen LogP contribution < -0.4 is 10.9 Å². The highest BCUT2D eigenvalue weighted by Gasteiger charge is 2.43. The van der Waals surface area contributed by atoms with Gasteiger partial charge in [0.1, 0.15) is 11.6 Å². The maximum atomic E-state index is 11.6. The first-order valence-electron chi connectivity index (χ1n) is 6.30. The zero-order valence-electron chi connectivity index (χ0n) is 10.3. The van der Waals surface area contributed by atoms with Crippen LogP contribution in [0.25, 0.3) is 0 Å². The van der Waals surface area contributed by atoms with E-state index in [2.05, 4.69) is 15.3 Å². The largest absolute Gasteiger partial charge is 0.479 e. The number of aromatic amines is 1. The van der Waals surface area contributed by atoms with Crippen LogP contribution in [0.1, 0.15) is 31.0 Å². The fourth-order valence-corrected chi connectivity index (χ4v) is 2.22. The lowest BCUT2D eigenvalue weighted by atomic mass is 9.99. The Balaban J connectivity index is 1.89. The monoisotopic (exact) mass is 265 g/mol. The summed E-state index contributed by atoms with van der Waals surface area (Å²) in [7, 11) is 0. The van der Waals surface area contributed by atoms with Crippen molar-refractivity contribution in [2.45, 2.75) is 30.7 Å². The molecule has 0 radical (unpaired) electrons. The molecule has 7 heteroatoms. The van der Waals surface area contributed by atoms with E-state index in [0.29, 0.717) is 30.6 Å². The Morgan fingerprint density at radius 2 is 2.37 bits per heavy atom. The normalized spacial score (nSPS) is 26.3. The van der Waals surface area contributed by atoms with Crippen molar-refractivity contribution >= 4 is 11.8 Å². The Labute approximate surface area is 109 Å². The molecule has 2 heterocycles. The number of H-pyrrole nitrogens is 1. The first-order chi connectivity index (χ1) is 9.09. The number of ether oxygens (including phenoxy) is 1. The number of rotatable bonds is 4. The lowest BCUT2D eigenvalue weighted by molar-refractivity contribution is -0.142. The molecule has 7 nitrogen and oxygen atoms in total. The Bertz CT molecular complexity index is 558. The highest BCUT2D eigenvalue weighted by atomic mass is 16.5. The molecule has 0 bridgehead atoms. The fraction of sp³-hybridized carbons (Fsp3) is 0.583. The second-order valence-corrected chi connectivity index (χ2v) is 5.10. The Kier molecular flexibility index (Phi) is 2.78. The van der Waals surface area contributed by atoms with E-state index in [1.807, 2.05) is 0 Å². The molecular formula is C12H15N3O4. The molecule has 1 unspecified atom stereocenters. The zero-order valence-corrected chi connectivity index (χ0v) is 10.3. The van der Waals surface area contributed by atoms with E-state index in [4.69, 9.17) is 4.74 Å². The summed E-state index contributed by atoms with van der Waals surface area (Å²) in [5, 5.41) is 12.2. The van der Waals surface area contributed by atoms with Gasteiger partial charge in [-0.2, -0.15) is 0 Å². The number of aromatic nitrogens is 2. The van der Waals surface area contributed by atoms with Crippen molar-refractivity contribution in [3.8, 4) is 0 Å². The topological polar surface area (TPSA) is 104 Å². The average Bonchev–Trinajstić information content (AvgIpc) is 3.09. The molecule has 1 aromatic rings. The van der Waals surface area contributed by atoms with Gasteiger partial charge in [-0.05, 0) is 12.8 Å². The predicted octanol–water partition coefficient (Wildman–Crippen LogP) is 0.303. The van der Waals surface area contributed by atoms with Crippen LogP contribution in [-0.4, -0.2) is 39.8 Å². The molecule has 0 aromatic carbocycles. The minimum absolute atomic E-state index is 0.0789. The molecule has 102 valence electrons. The summed E-state index contributed by atoms with van der Waals surface area (Å²) in [6.45, 7) is 0.466. The Morgan fingerprint density at radius 1 is 1.58 bits per heavy atom. The van der Waals surface area contributed by atoms with Gasteiger partial charge in [0, 0.05) is 25.0 Å². The predicted molar refractivity (Wildman–Crippen MR) is 66.3 cm³/mol. The SMILES string of the molecule is O=C(O)C1(Nc2cc(=O)[nH]c(C3CC3)n2)CCOC1. The second-order valence-electron chi connectivity index (χ2n) is 5.10. The molecule has 3 N–H and O–H groups in total. The highest BCUT2D eigenvalue weighted by molar-refractivity contribution is 5.83. The molecule has 2 aliphatic rings. The van der Waals surface area contributed by atoms with Crippen LogP contribution in [0.3, 0.4) is 0 Å². The number of hydrogen-bond donors (Lipinski definition) is 3. The third-order valence-corrected chi connectivity index (χ3v) is 3.52. The van der Waals surface area contributed by atoms with Crippen molar-refractivity contribution in [1.29, 1.82) is 0 Å². The number of nitrogens with one attached hydrogen (secondary N) is 2. The van der Waals surface area contributed by atoms with Crippen molar-refractivity contribution in [2.75, 3.05) is 18.5 Å². The summed E-state index contributed by atoms with van der Waals surface area (Å²) in [4.78, 5) is 30.0. The first-order valence-corrected chi connectivity index (χ1v) is 6.30. The number of nitrogens with zero attached hydrogens (tertiary/aromatic N) is 1. The lowest BCUT2D eigenvalue weighted by Crippen LogP contribution is -2.47. The van der Waals surface area contributed by atoms with Crippen molar-refractivity contribution in [1.82, 2.24) is 9.97 Å². The van der Waals surface area contributed by atoms with Crippen LogP contribution in [0.4, 0.5) is 5.82 Å².